The van der Waals surface area contributed by atoms with E-state index in [4.69, 9.17) is 9.05 Å². The number of aromatic hydroxyl groups is 1. The number of phenols is 1. The number of benzene rings is 2. The van der Waals surface area contributed by atoms with E-state index in [1.165, 1.54) is 24.3 Å². The van der Waals surface area contributed by atoms with Gasteiger partial charge in [-0.15, -0.1) is 0 Å². The lowest BCUT2D eigenvalue weighted by Gasteiger charge is -1.96. The summed E-state index contributed by atoms with van der Waals surface area (Å²) < 4.78 is 36.6. The van der Waals surface area contributed by atoms with E-state index in [0.717, 1.165) is 12.1 Å². The quantitative estimate of drug-likeness (QED) is 0.605. The van der Waals surface area contributed by atoms with E-state index in [1.54, 1.807) is 12.1 Å². The smallest absolute Gasteiger partial charge is 0.280 e. The maximum absolute atomic E-state index is 13.3. The van der Waals surface area contributed by atoms with Crippen molar-refractivity contribution >= 4 is 0 Å². The zero-order valence-corrected chi connectivity index (χ0v) is 12.5. The molecule has 4 aromatic rings. The molecule has 4 rings (SSSR count). The van der Waals surface area contributed by atoms with Gasteiger partial charge in [0.05, 0.1) is 0 Å². The summed E-state index contributed by atoms with van der Waals surface area (Å²) in [6, 6.07) is 11.2. The topological polar surface area (TPSA) is 85.2 Å². The van der Waals surface area contributed by atoms with E-state index < -0.39 is 11.6 Å². The van der Waals surface area contributed by atoms with Gasteiger partial charge in [-0.25, -0.2) is 8.78 Å². The molecule has 25 heavy (non-hydrogen) atoms. The highest BCUT2D eigenvalue weighted by molar-refractivity contribution is 5.64. The summed E-state index contributed by atoms with van der Waals surface area (Å²) in [6.07, 6.45) is 0. The molecule has 0 fully saturated rings. The van der Waals surface area contributed by atoms with E-state index in [0.29, 0.717) is 17.0 Å². The molecule has 0 amide bonds. The minimum Gasteiger partial charge on any atom is -0.508 e. The highest BCUT2D eigenvalue weighted by atomic mass is 19.2. The predicted octanol–water partition coefficient (Wildman–Crippen LogP) is 4.04. The molecule has 0 unspecified atom stereocenters. The van der Waals surface area contributed by atoms with Gasteiger partial charge in [0.25, 0.3) is 5.89 Å². The Morgan fingerprint density at radius 1 is 0.800 bits per heavy atom. The Bertz CT molecular complexity index is 1040. The fourth-order valence-corrected chi connectivity index (χ4v) is 2.22. The van der Waals surface area contributed by atoms with Crippen molar-refractivity contribution in [3.05, 3.63) is 60.2 Å². The lowest BCUT2D eigenvalue weighted by atomic mass is 10.1. The molecule has 2 aromatic heterocycles. The van der Waals surface area contributed by atoms with Gasteiger partial charge in [0.15, 0.2) is 23.1 Å². The van der Waals surface area contributed by atoms with Crippen LogP contribution in [0.4, 0.5) is 8.78 Å². The summed E-state index contributed by atoms with van der Waals surface area (Å²) in [5.41, 5.74) is 1.24. The zero-order chi connectivity index (χ0) is 17.4. The number of nitrogens with zero attached hydrogens (tertiary/aromatic N) is 3. The first-order valence-corrected chi connectivity index (χ1v) is 7.16. The fraction of sp³-hybridized carbons (Fsp3) is 0. The Hall–Kier alpha value is -3.55. The van der Waals surface area contributed by atoms with Crippen molar-refractivity contribution in [3.8, 4) is 40.0 Å². The molecule has 0 atom stereocenters. The third kappa shape index (κ3) is 2.85. The van der Waals surface area contributed by atoms with Crippen LogP contribution in [-0.4, -0.2) is 20.4 Å². The van der Waals surface area contributed by atoms with Gasteiger partial charge in [-0.2, -0.15) is 4.98 Å². The SMILES string of the molecule is Oc1ccc(-c2noc(-c3cc(-c4ccc(F)c(F)c4)on3)n2)cc1. The molecule has 1 N–H and O–H groups in total. The van der Waals surface area contributed by atoms with Gasteiger partial charge in [0.2, 0.25) is 5.82 Å². The van der Waals surface area contributed by atoms with Crippen LogP contribution in [0.3, 0.4) is 0 Å². The van der Waals surface area contributed by atoms with Crippen LogP contribution >= 0.6 is 0 Å². The first-order chi connectivity index (χ1) is 12.1. The van der Waals surface area contributed by atoms with Gasteiger partial charge >= 0.3 is 0 Å². The summed E-state index contributed by atoms with van der Waals surface area (Å²) in [5.74, 6) is -1.15. The molecule has 0 radical (unpaired) electrons. The highest BCUT2D eigenvalue weighted by Gasteiger charge is 2.16. The third-order valence-electron chi connectivity index (χ3n) is 3.48. The molecule has 8 heteroatoms. The van der Waals surface area contributed by atoms with Crippen LogP contribution < -0.4 is 0 Å². The summed E-state index contributed by atoms with van der Waals surface area (Å²) in [7, 11) is 0. The normalized spacial score (nSPS) is 11.0. The first-order valence-electron chi connectivity index (χ1n) is 7.16. The van der Waals surface area contributed by atoms with Crippen molar-refractivity contribution in [2.75, 3.05) is 0 Å². The average Bonchev–Trinajstić information content (AvgIpc) is 3.27. The van der Waals surface area contributed by atoms with Crippen molar-refractivity contribution in [2.45, 2.75) is 0 Å². The molecular formula is C17H9F2N3O3. The van der Waals surface area contributed by atoms with Gasteiger partial charge in [-0.3, -0.25) is 0 Å². The molecule has 0 bridgehead atoms. The largest absolute Gasteiger partial charge is 0.508 e. The molecule has 6 nitrogen and oxygen atoms in total. The monoisotopic (exact) mass is 341 g/mol. The molecule has 0 saturated carbocycles. The molecule has 124 valence electrons. The molecule has 0 aliphatic heterocycles. The van der Waals surface area contributed by atoms with Crippen LogP contribution in [-0.2, 0) is 0 Å². The van der Waals surface area contributed by atoms with Crippen LogP contribution in [0.25, 0.3) is 34.3 Å². The summed E-state index contributed by atoms with van der Waals surface area (Å²) in [4.78, 5) is 4.20. The predicted molar refractivity (Wildman–Crippen MR) is 82.2 cm³/mol. The fourth-order valence-electron chi connectivity index (χ4n) is 2.22. The molecule has 0 saturated heterocycles. The first kappa shape index (κ1) is 15.0. The minimum atomic E-state index is -0.983. The molecule has 0 aliphatic carbocycles. The molecule has 2 heterocycles. The second-order valence-electron chi connectivity index (χ2n) is 5.18. The van der Waals surface area contributed by atoms with Gasteiger partial charge in [-0.05, 0) is 42.5 Å². The van der Waals surface area contributed by atoms with Crippen molar-refractivity contribution in [3.63, 3.8) is 0 Å². The highest BCUT2D eigenvalue weighted by Crippen LogP contribution is 2.28. The lowest BCUT2D eigenvalue weighted by Crippen LogP contribution is -1.83. The van der Waals surface area contributed by atoms with Gasteiger partial charge < -0.3 is 14.2 Å². The lowest BCUT2D eigenvalue weighted by molar-refractivity contribution is 0.411. The number of aromatic nitrogens is 3. The van der Waals surface area contributed by atoms with Crippen molar-refractivity contribution in [1.29, 1.82) is 0 Å². The molecule has 2 aromatic carbocycles. The Labute approximate surface area is 139 Å². The Morgan fingerprint density at radius 3 is 2.32 bits per heavy atom. The van der Waals surface area contributed by atoms with E-state index in [-0.39, 0.29) is 23.1 Å². The van der Waals surface area contributed by atoms with Crippen molar-refractivity contribution in [1.82, 2.24) is 15.3 Å². The maximum atomic E-state index is 13.3. The number of halogens is 2. The number of hydrogen-bond acceptors (Lipinski definition) is 6. The van der Waals surface area contributed by atoms with Crippen LogP contribution in [0, 0.1) is 11.6 Å². The third-order valence-corrected chi connectivity index (χ3v) is 3.48. The Morgan fingerprint density at radius 2 is 1.56 bits per heavy atom. The number of phenolic OH excluding ortho intramolecular Hbond substituents is 1. The standard InChI is InChI=1S/C17H9F2N3O3/c18-12-6-3-10(7-13(12)19)15-8-14(21-24-15)17-20-16(22-25-17)9-1-4-11(23)5-2-9/h1-8,23H. The summed E-state index contributed by atoms with van der Waals surface area (Å²) in [5, 5.41) is 16.9. The van der Waals surface area contributed by atoms with E-state index in [9.17, 15) is 13.9 Å². The van der Waals surface area contributed by atoms with Gasteiger partial charge in [0, 0.05) is 17.2 Å². The van der Waals surface area contributed by atoms with Gasteiger partial charge in [0.1, 0.15) is 5.75 Å². The second kappa shape index (κ2) is 5.82. The van der Waals surface area contributed by atoms with E-state index in [1.807, 2.05) is 0 Å². The summed E-state index contributed by atoms with van der Waals surface area (Å²) in [6.45, 7) is 0. The van der Waals surface area contributed by atoms with Crippen LogP contribution in [0.5, 0.6) is 5.75 Å². The second-order valence-corrected chi connectivity index (χ2v) is 5.18. The minimum absolute atomic E-state index is 0.112. The van der Waals surface area contributed by atoms with Crippen LogP contribution in [0.2, 0.25) is 0 Å². The molecular weight excluding hydrogens is 332 g/mol. The van der Waals surface area contributed by atoms with E-state index in [2.05, 4.69) is 15.3 Å². The zero-order valence-electron chi connectivity index (χ0n) is 12.5. The van der Waals surface area contributed by atoms with E-state index >= 15 is 0 Å². The summed E-state index contributed by atoms with van der Waals surface area (Å²) >= 11 is 0. The average molecular weight is 341 g/mol. The van der Waals surface area contributed by atoms with Crippen LogP contribution in [0.1, 0.15) is 0 Å². The molecule has 0 aliphatic rings. The Balaban J connectivity index is 1.64. The Kier molecular flexibility index (Phi) is 3.50. The molecule has 0 spiro atoms. The number of rotatable bonds is 3. The van der Waals surface area contributed by atoms with Crippen molar-refractivity contribution < 1.29 is 22.9 Å². The van der Waals surface area contributed by atoms with Crippen molar-refractivity contribution in [2.24, 2.45) is 0 Å². The van der Waals surface area contributed by atoms with Crippen LogP contribution in [0.15, 0.2) is 57.6 Å². The van der Waals surface area contributed by atoms with Gasteiger partial charge in [-0.1, -0.05) is 10.3 Å². The number of hydrogen-bond donors (Lipinski definition) is 1. The maximum Gasteiger partial charge on any atom is 0.280 e.